The van der Waals surface area contributed by atoms with Crippen LogP contribution in [0.25, 0.3) is 0 Å². The Morgan fingerprint density at radius 2 is 2.25 bits per heavy atom. The molecule has 1 amide bonds. The Balaban J connectivity index is 2.98. The molecule has 1 aromatic rings. The molecule has 108 valence electrons. The van der Waals surface area contributed by atoms with Gasteiger partial charge in [0, 0.05) is 26.3 Å². The first kappa shape index (κ1) is 15.9. The quantitative estimate of drug-likeness (QED) is 0.331. The lowest BCUT2D eigenvalue weighted by Gasteiger charge is -2.27. The number of hydrogen-bond donors (Lipinski definition) is 0. The van der Waals surface area contributed by atoms with Crippen LogP contribution in [0.5, 0.6) is 0 Å². The summed E-state index contributed by atoms with van der Waals surface area (Å²) in [7, 11) is 1.46. The van der Waals surface area contributed by atoms with Crippen molar-refractivity contribution in [2.45, 2.75) is 13.5 Å². The van der Waals surface area contributed by atoms with Crippen molar-refractivity contribution in [2.24, 2.45) is 0 Å². The number of amides is 1. The first-order valence-corrected chi connectivity index (χ1v) is 6.24. The highest BCUT2D eigenvalue weighted by molar-refractivity contribution is 6.29. The molecule has 0 bridgehead atoms. The molecule has 0 aliphatic carbocycles. The van der Waals surface area contributed by atoms with E-state index in [0.717, 1.165) is 16.7 Å². The minimum atomic E-state index is -0.585. The minimum absolute atomic E-state index is 0.211. The maximum Gasteiger partial charge on any atom is 0.274 e. The average Bonchev–Trinajstić information content (AvgIpc) is 2.43. The summed E-state index contributed by atoms with van der Waals surface area (Å²) < 4.78 is 0. The molecule has 0 aromatic carbocycles. The Morgan fingerprint density at radius 1 is 1.55 bits per heavy atom. The lowest BCUT2D eigenvalue weighted by Crippen LogP contribution is -2.33. The van der Waals surface area contributed by atoms with Crippen molar-refractivity contribution in [1.29, 1.82) is 0 Å². The topological polar surface area (TPSA) is 79.6 Å². The van der Waals surface area contributed by atoms with Crippen LogP contribution in [0.3, 0.4) is 0 Å². The van der Waals surface area contributed by atoms with Gasteiger partial charge < -0.3 is 4.90 Å². The lowest BCUT2D eigenvalue weighted by molar-refractivity contribution is -0.405. The van der Waals surface area contributed by atoms with E-state index in [2.05, 4.69) is 4.98 Å². The molecule has 0 N–H and O–H groups in total. The van der Waals surface area contributed by atoms with Gasteiger partial charge in [0.25, 0.3) is 6.20 Å². The average molecular weight is 299 g/mol. The first-order valence-electron chi connectivity index (χ1n) is 5.86. The fourth-order valence-electron chi connectivity index (χ4n) is 1.62. The molecule has 1 aromatic heterocycles. The van der Waals surface area contributed by atoms with Crippen LogP contribution < -0.4 is 0 Å². The van der Waals surface area contributed by atoms with E-state index in [1.807, 2.05) is 6.92 Å². The molecule has 20 heavy (non-hydrogen) atoms. The molecule has 0 atom stereocenters. The van der Waals surface area contributed by atoms with E-state index in [1.54, 1.807) is 23.2 Å². The van der Waals surface area contributed by atoms with Gasteiger partial charge in [0.2, 0.25) is 6.41 Å². The summed E-state index contributed by atoms with van der Waals surface area (Å²) in [5.74, 6) is 0.211. The largest absolute Gasteiger partial charge is 0.349 e. The van der Waals surface area contributed by atoms with Gasteiger partial charge in [-0.05, 0) is 18.6 Å². The SMILES string of the molecule is CCN(Cc1ccc(Cl)nc1)C(=C[N+](=O)[O-])N(C)C=O. The van der Waals surface area contributed by atoms with E-state index >= 15 is 0 Å². The molecule has 0 fully saturated rings. The highest BCUT2D eigenvalue weighted by Crippen LogP contribution is 2.14. The Morgan fingerprint density at radius 3 is 2.70 bits per heavy atom. The Labute approximate surface area is 121 Å². The third-order valence-electron chi connectivity index (χ3n) is 2.61. The third-order valence-corrected chi connectivity index (χ3v) is 2.83. The molecule has 0 radical (unpaired) electrons. The molecule has 0 unspecified atom stereocenters. The van der Waals surface area contributed by atoms with Crippen molar-refractivity contribution >= 4 is 18.0 Å². The summed E-state index contributed by atoms with van der Waals surface area (Å²) in [5, 5.41) is 11.1. The zero-order chi connectivity index (χ0) is 15.1. The Kier molecular flexibility index (Phi) is 5.92. The lowest BCUT2D eigenvalue weighted by atomic mass is 10.2. The fourth-order valence-corrected chi connectivity index (χ4v) is 1.73. The van der Waals surface area contributed by atoms with Gasteiger partial charge in [0.15, 0.2) is 5.82 Å². The monoisotopic (exact) mass is 298 g/mol. The first-order chi connectivity index (χ1) is 9.47. The molecule has 8 heteroatoms. The van der Waals surface area contributed by atoms with Gasteiger partial charge in [-0.2, -0.15) is 0 Å². The minimum Gasteiger partial charge on any atom is -0.349 e. The molecular formula is C12H15ClN4O3. The van der Waals surface area contributed by atoms with E-state index < -0.39 is 4.92 Å². The second-order valence-corrected chi connectivity index (χ2v) is 4.38. The van der Waals surface area contributed by atoms with Gasteiger partial charge in [-0.15, -0.1) is 0 Å². The summed E-state index contributed by atoms with van der Waals surface area (Å²) in [6.45, 7) is 2.73. The highest BCUT2D eigenvalue weighted by atomic mass is 35.5. The number of halogens is 1. The maximum atomic E-state index is 10.9. The molecule has 1 rings (SSSR count). The van der Waals surface area contributed by atoms with Crippen molar-refractivity contribution in [1.82, 2.24) is 14.8 Å². The summed E-state index contributed by atoms with van der Waals surface area (Å²) in [5.41, 5.74) is 0.838. The van der Waals surface area contributed by atoms with Gasteiger partial charge in [0.05, 0.1) is 4.92 Å². The molecule has 0 saturated heterocycles. The third kappa shape index (κ3) is 4.51. The van der Waals surface area contributed by atoms with Crippen molar-refractivity contribution in [3.63, 3.8) is 0 Å². The van der Waals surface area contributed by atoms with Crippen molar-refractivity contribution in [3.05, 3.63) is 51.2 Å². The molecule has 1 heterocycles. The van der Waals surface area contributed by atoms with Crippen molar-refractivity contribution < 1.29 is 9.72 Å². The van der Waals surface area contributed by atoms with E-state index in [9.17, 15) is 14.9 Å². The van der Waals surface area contributed by atoms with Crippen LogP contribution in [-0.2, 0) is 11.3 Å². The number of nitrogens with zero attached hydrogens (tertiary/aromatic N) is 4. The van der Waals surface area contributed by atoms with E-state index in [0.29, 0.717) is 24.7 Å². The molecule has 0 saturated carbocycles. The number of carbonyl (C=O) groups is 1. The van der Waals surface area contributed by atoms with Crippen molar-refractivity contribution in [2.75, 3.05) is 13.6 Å². The Hall–Kier alpha value is -2.15. The standard InChI is InChI=1S/C12H15ClN4O3/c1-3-16(7-10-4-5-11(13)14-6-10)12(8-17(19)20)15(2)9-18/h4-6,8-9H,3,7H2,1-2H3. The smallest absolute Gasteiger partial charge is 0.274 e. The molecule has 0 aliphatic rings. The van der Waals surface area contributed by atoms with Crippen LogP contribution in [0, 0.1) is 10.1 Å². The van der Waals surface area contributed by atoms with E-state index in [-0.39, 0.29) is 5.82 Å². The van der Waals surface area contributed by atoms with Crippen LogP contribution in [0.1, 0.15) is 12.5 Å². The van der Waals surface area contributed by atoms with Gasteiger partial charge in [0.1, 0.15) is 5.15 Å². The second-order valence-electron chi connectivity index (χ2n) is 3.99. The summed E-state index contributed by atoms with van der Waals surface area (Å²) in [6.07, 6.45) is 2.93. The second kappa shape index (κ2) is 7.44. The maximum absolute atomic E-state index is 10.9. The van der Waals surface area contributed by atoms with Gasteiger partial charge in [-0.3, -0.25) is 19.8 Å². The van der Waals surface area contributed by atoms with Crippen LogP contribution >= 0.6 is 11.6 Å². The Bertz CT molecular complexity index is 504. The predicted molar refractivity (Wildman–Crippen MR) is 74.2 cm³/mol. The van der Waals surface area contributed by atoms with Crippen LogP contribution in [0.4, 0.5) is 0 Å². The zero-order valence-electron chi connectivity index (χ0n) is 11.2. The number of carbonyl (C=O) groups excluding carboxylic acids is 1. The summed E-state index contributed by atoms with van der Waals surface area (Å²) in [6, 6.07) is 3.42. The number of nitro groups is 1. The van der Waals surface area contributed by atoms with Crippen LogP contribution in [0.2, 0.25) is 5.15 Å². The number of hydrogen-bond acceptors (Lipinski definition) is 5. The summed E-state index contributed by atoms with van der Waals surface area (Å²) >= 11 is 5.71. The van der Waals surface area contributed by atoms with Gasteiger partial charge in [-0.25, -0.2) is 4.98 Å². The number of aromatic nitrogens is 1. The summed E-state index contributed by atoms with van der Waals surface area (Å²) in [4.78, 5) is 27.8. The molecular weight excluding hydrogens is 284 g/mol. The van der Waals surface area contributed by atoms with E-state index in [1.165, 1.54) is 7.05 Å². The molecule has 7 nitrogen and oxygen atoms in total. The van der Waals surface area contributed by atoms with E-state index in [4.69, 9.17) is 11.6 Å². The van der Waals surface area contributed by atoms with Crippen LogP contribution in [0.15, 0.2) is 30.4 Å². The molecule has 0 spiro atoms. The highest BCUT2D eigenvalue weighted by Gasteiger charge is 2.16. The molecule has 0 aliphatic heterocycles. The normalized spacial score (nSPS) is 11.1. The zero-order valence-corrected chi connectivity index (χ0v) is 11.9. The number of pyridine rings is 1. The predicted octanol–water partition coefficient (Wildman–Crippen LogP) is 1.72. The van der Waals surface area contributed by atoms with Crippen LogP contribution in [-0.4, -0.2) is 39.7 Å². The van der Waals surface area contributed by atoms with Crippen molar-refractivity contribution in [3.8, 4) is 0 Å². The van der Waals surface area contributed by atoms with Gasteiger partial charge in [-0.1, -0.05) is 17.7 Å². The fraction of sp³-hybridized carbons (Fsp3) is 0.333. The van der Waals surface area contributed by atoms with Gasteiger partial charge >= 0.3 is 0 Å². The number of rotatable bonds is 7.